The number of rotatable bonds is 3. The molecule has 4 rings (SSSR count). The topological polar surface area (TPSA) is 77.1 Å². The molecule has 126 valence electrons. The Morgan fingerprint density at radius 1 is 1.17 bits per heavy atom. The summed E-state index contributed by atoms with van der Waals surface area (Å²) in [6.45, 7) is 0.401. The Kier molecular flexibility index (Phi) is 3.75. The molecule has 6 nitrogen and oxygen atoms in total. The largest absolute Gasteiger partial charge is 0.480 e. The van der Waals surface area contributed by atoms with E-state index in [1.54, 1.807) is 0 Å². The number of carboxylic acids is 1. The van der Waals surface area contributed by atoms with Gasteiger partial charge in [0.15, 0.2) is 0 Å². The van der Waals surface area contributed by atoms with E-state index in [0.29, 0.717) is 25.2 Å². The van der Waals surface area contributed by atoms with E-state index < -0.39 is 12.0 Å². The van der Waals surface area contributed by atoms with Gasteiger partial charge in [0.05, 0.1) is 6.54 Å². The number of fused-ring (bicyclic) bond motifs is 2. The van der Waals surface area contributed by atoms with Crippen molar-refractivity contribution in [2.45, 2.75) is 57.5 Å². The summed E-state index contributed by atoms with van der Waals surface area (Å²) in [5, 5.41) is 13.7. The summed E-state index contributed by atoms with van der Waals surface area (Å²) in [5.74, 6) is -0.358. The third-order valence-electron chi connectivity index (χ3n) is 5.16. The lowest BCUT2D eigenvalue weighted by Crippen LogP contribution is -2.34. The normalized spacial score (nSPS) is 19.6. The second kappa shape index (κ2) is 5.92. The minimum atomic E-state index is -0.952. The molecule has 1 aromatic heterocycles. The third kappa shape index (κ3) is 2.56. The summed E-state index contributed by atoms with van der Waals surface area (Å²) in [6.07, 6.45) is 6.61. The molecule has 24 heavy (non-hydrogen) atoms. The monoisotopic (exact) mass is 327 g/mol. The van der Waals surface area contributed by atoms with Gasteiger partial charge in [0.2, 0.25) is 0 Å². The van der Waals surface area contributed by atoms with Crippen molar-refractivity contribution in [1.29, 1.82) is 0 Å². The number of hydrogen-bond acceptors (Lipinski definition) is 3. The Morgan fingerprint density at radius 2 is 1.96 bits per heavy atom. The average molecular weight is 327 g/mol. The second-order valence-corrected chi connectivity index (χ2v) is 6.78. The van der Waals surface area contributed by atoms with Crippen LogP contribution in [0, 0.1) is 0 Å². The lowest BCUT2D eigenvalue weighted by molar-refractivity contribution is -0.141. The molecule has 1 atom stereocenters. The summed E-state index contributed by atoms with van der Waals surface area (Å²) < 4.78 is 2.78. The zero-order valence-corrected chi connectivity index (χ0v) is 13.6. The van der Waals surface area contributed by atoms with Crippen LogP contribution in [0.15, 0.2) is 23.0 Å². The van der Waals surface area contributed by atoms with Gasteiger partial charge >= 0.3 is 11.7 Å². The van der Waals surface area contributed by atoms with Crippen molar-refractivity contribution in [2.24, 2.45) is 0 Å². The summed E-state index contributed by atoms with van der Waals surface area (Å²) in [5.41, 5.74) is 3.53. The molecule has 0 saturated carbocycles. The van der Waals surface area contributed by atoms with Gasteiger partial charge < -0.3 is 5.11 Å². The van der Waals surface area contributed by atoms with Crippen LogP contribution >= 0.6 is 0 Å². The first-order valence-electron chi connectivity index (χ1n) is 8.65. The molecule has 0 spiro atoms. The molecular weight excluding hydrogens is 306 g/mol. The molecule has 2 aliphatic rings. The quantitative estimate of drug-likeness (QED) is 0.934. The van der Waals surface area contributed by atoms with E-state index in [1.807, 2.05) is 0 Å². The molecule has 0 unspecified atom stereocenters. The van der Waals surface area contributed by atoms with E-state index in [2.05, 4.69) is 23.3 Å². The second-order valence-electron chi connectivity index (χ2n) is 6.78. The molecule has 0 saturated heterocycles. The van der Waals surface area contributed by atoms with Gasteiger partial charge in [0, 0.05) is 6.42 Å². The van der Waals surface area contributed by atoms with Gasteiger partial charge in [-0.25, -0.2) is 14.3 Å². The van der Waals surface area contributed by atoms with Crippen molar-refractivity contribution in [1.82, 2.24) is 14.3 Å². The smallest absolute Gasteiger partial charge is 0.347 e. The van der Waals surface area contributed by atoms with Crippen LogP contribution < -0.4 is 5.69 Å². The number of carboxylic acid groups (broad SMARTS) is 1. The Bertz CT molecular complexity index is 850. The van der Waals surface area contributed by atoms with Crippen molar-refractivity contribution >= 4 is 5.97 Å². The van der Waals surface area contributed by atoms with E-state index in [9.17, 15) is 14.7 Å². The molecule has 6 heteroatoms. The van der Waals surface area contributed by atoms with Crippen molar-refractivity contribution in [2.75, 3.05) is 0 Å². The van der Waals surface area contributed by atoms with Crippen molar-refractivity contribution in [3.63, 3.8) is 0 Å². The maximum atomic E-state index is 12.6. The average Bonchev–Trinajstić information content (AvgIpc) is 2.91. The molecule has 2 heterocycles. The van der Waals surface area contributed by atoms with E-state index in [4.69, 9.17) is 0 Å². The Hall–Kier alpha value is -2.37. The van der Waals surface area contributed by atoms with Crippen LogP contribution in [0.5, 0.6) is 0 Å². The lowest BCUT2D eigenvalue weighted by atomic mass is 9.90. The predicted molar refractivity (Wildman–Crippen MR) is 88.3 cm³/mol. The van der Waals surface area contributed by atoms with Gasteiger partial charge in [-0.1, -0.05) is 18.2 Å². The van der Waals surface area contributed by atoms with Crippen LogP contribution in [0.1, 0.15) is 54.2 Å². The summed E-state index contributed by atoms with van der Waals surface area (Å²) in [6, 6.07) is 5.61. The van der Waals surface area contributed by atoms with Crippen LogP contribution in [0.3, 0.4) is 0 Å². The first-order valence-corrected chi connectivity index (χ1v) is 8.65. The van der Waals surface area contributed by atoms with Crippen LogP contribution in [0.2, 0.25) is 0 Å². The minimum absolute atomic E-state index is 0.310. The van der Waals surface area contributed by atoms with Gasteiger partial charge in [0.1, 0.15) is 11.9 Å². The number of hydrogen-bond donors (Lipinski definition) is 1. The van der Waals surface area contributed by atoms with Gasteiger partial charge in [-0.15, -0.1) is 0 Å². The van der Waals surface area contributed by atoms with Crippen molar-refractivity contribution < 1.29 is 9.90 Å². The fraction of sp³-hybridized carbons (Fsp3) is 0.500. The molecule has 0 amide bonds. The van der Waals surface area contributed by atoms with Crippen LogP contribution in [0.25, 0.3) is 0 Å². The number of aliphatic carboxylic acids is 1. The lowest BCUT2D eigenvalue weighted by Gasteiger charge is -2.19. The summed E-state index contributed by atoms with van der Waals surface area (Å²) >= 11 is 0. The van der Waals surface area contributed by atoms with Gasteiger partial charge in [-0.3, -0.25) is 4.57 Å². The standard InChI is InChI=1S/C18H21N3O3/c22-17(23)15-6-3-7-16-19-20(18(24)21(15)16)11-12-8-9-13-4-1-2-5-14(13)10-12/h8-10,15H,1-7,11H2,(H,22,23)/t15-/m1/s1. The Labute approximate surface area is 139 Å². The molecule has 1 N–H and O–H groups in total. The number of carbonyl (C=O) groups is 1. The van der Waals surface area contributed by atoms with Gasteiger partial charge in [0.25, 0.3) is 0 Å². The highest BCUT2D eigenvalue weighted by Gasteiger charge is 2.30. The molecule has 0 radical (unpaired) electrons. The molecule has 2 aromatic rings. The first-order chi connectivity index (χ1) is 11.6. The van der Waals surface area contributed by atoms with Gasteiger partial charge in [-0.2, -0.15) is 5.10 Å². The Morgan fingerprint density at radius 3 is 2.75 bits per heavy atom. The first kappa shape index (κ1) is 15.2. The van der Waals surface area contributed by atoms with Crippen molar-refractivity contribution in [3.8, 4) is 0 Å². The molecular formula is C18H21N3O3. The minimum Gasteiger partial charge on any atom is -0.480 e. The van der Waals surface area contributed by atoms with E-state index in [1.165, 1.54) is 33.2 Å². The highest BCUT2D eigenvalue weighted by Crippen LogP contribution is 2.24. The summed E-state index contributed by atoms with van der Waals surface area (Å²) in [7, 11) is 0. The van der Waals surface area contributed by atoms with E-state index in [0.717, 1.165) is 24.8 Å². The maximum Gasteiger partial charge on any atom is 0.347 e. The molecule has 1 aromatic carbocycles. The van der Waals surface area contributed by atoms with Crippen LogP contribution in [-0.4, -0.2) is 25.4 Å². The van der Waals surface area contributed by atoms with Gasteiger partial charge in [-0.05, 0) is 55.2 Å². The number of aromatic nitrogens is 3. The molecule has 0 fully saturated rings. The summed E-state index contributed by atoms with van der Waals surface area (Å²) in [4.78, 5) is 24.0. The number of aryl methyl sites for hydroxylation is 3. The third-order valence-corrected chi connectivity index (χ3v) is 5.16. The van der Waals surface area contributed by atoms with E-state index in [-0.39, 0.29) is 5.69 Å². The number of nitrogens with zero attached hydrogens (tertiary/aromatic N) is 3. The fourth-order valence-corrected chi connectivity index (χ4v) is 3.93. The molecule has 1 aliphatic heterocycles. The highest BCUT2D eigenvalue weighted by atomic mass is 16.4. The van der Waals surface area contributed by atoms with E-state index >= 15 is 0 Å². The number of benzene rings is 1. The van der Waals surface area contributed by atoms with Crippen LogP contribution in [0.4, 0.5) is 0 Å². The highest BCUT2D eigenvalue weighted by molar-refractivity contribution is 5.72. The fourth-order valence-electron chi connectivity index (χ4n) is 3.93. The van der Waals surface area contributed by atoms with Crippen molar-refractivity contribution in [3.05, 3.63) is 51.2 Å². The molecule has 1 aliphatic carbocycles. The maximum absolute atomic E-state index is 12.6. The predicted octanol–water partition coefficient (Wildman–Crippen LogP) is 1.93. The zero-order valence-electron chi connectivity index (χ0n) is 13.6. The zero-order chi connectivity index (χ0) is 16.7. The molecule has 0 bridgehead atoms. The Balaban J connectivity index is 1.66. The SMILES string of the molecule is O=C(O)[C@H]1CCCc2nn(Cc3ccc4c(c3)CCCC4)c(=O)n21. The van der Waals surface area contributed by atoms with Crippen LogP contribution in [-0.2, 0) is 30.6 Å².